The van der Waals surface area contributed by atoms with Gasteiger partial charge in [-0.05, 0) is 25.2 Å². The molecule has 3 aliphatic rings. The monoisotopic (exact) mass is 308 g/mol. The summed E-state index contributed by atoms with van der Waals surface area (Å²) in [6, 6.07) is 0. The van der Waals surface area contributed by atoms with Crippen LogP contribution in [0.3, 0.4) is 0 Å². The number of rotatable bonds is 4. The van der Waals surface area contributed by atoms with Gasteiger partial charge in [-0.2, -0.15) is 17.2 Å². The van der Waals surface area contributed by atoms with Gasteiger partial charge in [0.25, 0.3) is 0 Å². The van der Waals surface area contributed by atoms with Gasteiger partial charge in [0.2, 0.25) is 0 Å². The maximum Gasteiger partial charge on any atom is 0.465 e. The van der Waals surface area contributed by atoms with Crippen molar-refractivity contribution < 1.29 is 31.3 Å². The van der Waals surface area contributed by atoms with Crippen LogP contribution in [0, 0.1) is 16.7 Å². The zero-order valence-corrected chi connectivity index (χ0v) is 11.5. The molecule has 0 radical (unpaired) electrons. The Bertz CT molecular complexity index is 626. The molecule has 20 heavy (non-hydrogen) atoms. The molecule has 0 amide bonds. The lowest BCUT2D eigenvalue weighted by Crippen LogP contribution is -2.40. The molecule has 0 aromatic rings. The fourth-order valence-electron chi connectivity index (χ4n) is 3.66. The SMILES string of the molecule is CC1C=C2CC23CC3(COC(=O)C(F)(F)S(=O)(=O)O)C1. The molecule has 8 heteroatoms. The Morgan fingerprint density at radius 2 is 2.25 bits per heavy atom. The Hall–Kier alpha value is -1.02. The molecule has 2 saturated carbocycles. The smallest absolute Gasteiger partial charge is 0.460 e. The first-order valence-electron chi connectivity index (χ1n) is 6.27. The molecule has 3 atom stereocenters. The van der Waals surface area contributed by atoms with Crippen molar-refractivity contribution in [1.29, 1.82) is 0 Å². The molecule has 1 N–H and O–H groups in total. The first kappa shape index (κ1) is 13.9. The third-order valence-corrected chi connectivity index (χ3v) is 5.57. The lowest BCUT2D eigenvalue weighted by molar-refractivity contribution is -0.163. The summed E-state index contributed by atoms with van der Waals surface area (Å²) in [5.41, 5.74) is 0.975. The number of carbonyl (C=O) groups excluding carboxylic acids is 1. The Morgan fingerprint density at radius 1 is 1.60 bits per heavy atom. The quantitative estimate of drug-likeness (QED) is 0.486. The molecule has 0 saturated heterocycles. The van der Waals surface area contributed by atoms with Gasteiger partial charge in [-0.15, -0.1) is 0 Å². The highest BCUT2D eigenvalue weighted by atomic mass is 32.2. The van der Waals surface area contributed by atoms with Gasteiger partial charge in [0.1, 0.15) is 0 Å². The van der Waals surface area contributed by atoms with E-state index in [1.54, 1.807) is 0 Å². The summed E-state index contributed by atoms with van der Waals surface area (Å²) in [5, 5.41) is -4.91. The summed E-state index contributed by atoms with van der Waals surface area (Å²) in [6.45, 7) is 1.78. The highest BCUT2D eigenvalue weighted by Gasteiger charge is 2.78. The van der Waals surface area contributed by atoms with Gasteiger partial charge in [-0.25, -0.2) is 4.79 Å². The minimum atomic E-state index is -5.80. The van der Waals surface area contributed by atoms with E-state index in [1.165, 1.54) is 5.57 Å². The second-order valence-electron chi connectivity index (χ2n) is 6.16. The topological polar surface area (TPSA) is 80.7 Å². The predicted octanol–water partition coefficient (Wildman–Crippen LogP) is 1.76. The fourth-order valence-corrected chi connectivity index (χ4v) is 3.93. The number of hydrogen-bond donors (Lipinski definition) is 1. The molecule has 3 rings (SSSR count). The highest BCUT2D eigenvalue weighted by Crippen LogP contribution is 2.85. The molecule has 2 fully saturated rings. The van der Waals surface area contributed by atoms with Gasteiger partial charge >= 0.3 is 21.3 Å². The average molecular weight is 308 g/mol. The van der Waals surface area contributed by atoms with Gasteiger partial charge in [0, 0.05) is 10.8 Å². The van der Waals surface area contributed by atoms with E-state index in [4.69, 9.17) is 4.55 Å². The molecule has 1 spiro atoms. The van der Waals surface area contributed by atoms with Crippen molar-refractivity contribution in [3.05, 3.63) is 11.6 Å². The first-order chi connectivity index (χ1) is 9.04. The number of hydrogen-bond acceptors (Lipinski definition) is 4. The van der Waals surface area contributed by atoms with Gasteiger partial charge in [-0.3, -0.25) is 4.55 Å². The highest BCUT2D eigenvalue weighted by molar-refractivity contribution is 7.87. The van der Waals surface area contributed by atoms with Crippen LogP contribution in [-0.2, 0) is 19.6 Å². The molecule has 0 heterocycles. The molecule has 0 aromatic heterocycles. The van der Waals surface area contributed by atoms with Crippen molar-refractivity contribution in [2.45, 2.75) is 31.4 Å². The zero-order valence-electron chi connectivity index (χ0n) is 10.7. The Labute approximate surface area is 114 Å². The van der Waals surface area contributed by atoms with Crippen LogP contribution in [0.2, 0.25) is 0 Å². The Balaban J connectivity index is 1.68. The van der Waals surface area contributed by atoms with Crippen LogP contribution in [-0.4, -0.2) is 30.8 Å². The number of esters is 1. The maximum atomic E-state index is 13.1. The Kier molecular flexibility index (Phi) is 2.50. The van der Waals surface area contributed by atoms with E-state index in [0.29, 0.717) is 5.92 Å². The summed E-state index contributed by atoms with van der Waals surface area (Å²) in [7, 11) is -5.80. The van der Waals surface area contributed by atoms with E-state index in [2.05, 4.69) is 10.8 Å². The van der Waals surface area contributed by atoms with Gasteiger partial charge in [0.15, 0.2) is 0 Å². The van der Waals surface area contributed by atoms with E-state index in [-0.39, 0.29) is 17.4 Å². The molecular formula is C12H14F2O5S. The summed E-state index contributed by atoms with van der Waals surface area (Å²) >= 11 is 0. The maximum absolute atomic E-state index is 13.1. The number of halogens is 2. The molecule has 112 valence electrons. The second-order valence-corrected chi connectivity index (χ2v) is 7.62. The zero-order chi connectivity index (χ0) is 15.0. The third-order valence-electron chi connectivity index (χ3n) is 4.75. The average Bonchev–Trinajstić information content (AvgIpc) is 3.12. The number of carbonyl (C=O) groups is 1. The van der Waals surface area contributed by atoms with Crippen LogP contribution in [0.5, 0.6) is 0 Å². The summed E-state index contributed by atoms with van der Waals surface area (Å²) in [6.07, 6.45) is 4.60. The first-order valence-corrected chi connectivity index (χ1v) is 7.71. The lowest BCUT2D eigenvalue weighted by atomic mass is 9.87. The van der Waals surface area contributed by atoms with E-state index in [9.17, 15) is 22.0 Å². The molecule has 5 nitrogen and oxygen atoms in total. The van der Waals surface area contributed by atoms with Crippen molar-refractivity contribution in [3.8, 4) is 0 Å². The number of alkyl halides is 2. The van der Waals surface area contributed by atoms with Crippen molar-refractivity contribution in [1.82, 2.24) is 0 Å². The van der Waals surface area contributed by atoms with Crippen LogP contribution in [0.4, 0.5) is 8.78 Å². The molecule has 0 aromatic carbocycles. The third kappa shape index (κ3) is 1.67. The van der Waals surface area contributed by atoms with Gasteiger partial charge in [0.05, 0.1) is 6.61 Å². The van der Waals surface area contributed by atoms with Crippen LogP contribution < -0.4 is 0 Å². The van der Waals surface area contributed by atoms with Crippen molar-refractivity contribution >= 4 is 16.1 Å². The Morgan fingerprint density at radius 3 is 2.85 bits per heavy atom. The van der Waals surface area contributed by atoms with E-state index in [0.717, 1.165) is 19.3 Å². The van der Waals surface area contributed by atoms with Gasteiger partial charge < -0.3 is 4.74 Å². The summed E-state index contributed by atoms with van der Waals surface area (Å²) in [5.74, 6) is -1.91. The normalized spacial score (nSPS) is 38.4. The standard InChI is InChI=1S/C12H14F2O5S/c1-7-2-8-4-11(8)5-10(11,3-7)6-19-9(15)12(13,14)20(16,17)18/h2,7H,3-6H2,1H3,(H,16,17,18). The van der Waals surface area contributed by atoms with Crippen molar-refractivity contribution in [2.24, 2.45) is 16.7 Å². The molecule has 0 bridgehead atoms. The minimum Gasteiger partial charge on any atom is -0.460 e. The second kappa shape index (κ2) is 3.59. The fraction of sp³-hybridized carbons (Fsp3) is 0.750. The van der Waals surface area contributed by atoms with E-state index in [1.807, 2.05) is 6.92 Å². The molecule has 3 aliphatic carbocycles. The molecular weight excluding hydrogens is 294 g/mol. The molecule has 0 aliphatic heterocycles. The van der Waals surface area contributed by atoms with Crippen LogP contribution >= 0.6 is 0 Å². The van der Waals surface area contributed by atoms with Crippen molar-refractivity contribution in [2.75, 3.05) is 6.61 Å². The van der Waals surface area contributed by atoms with Crippen LogP contribution in [0.1, 0.15) is 26.2 Å². The van der Waals surface area contributed by atoms with Gasteiger partial charge in [-0.1, -0.05) is 18.6 Å². The van der Waals surface area contributed by atoms with Crippen molar-refractivity contribution in [3.63, 3.8) is 0 Å². The largest absolute Gasteiger partial charge is 0.465 e. The lowest BCUT2D eigenvalue weighted by Gasteiger charge is -2.23. The predicted molar refractivity (Wildman–Crippen MR) is 63.4 cm³/mol. The number of allylic oxidation sites excluding steroid dienone is 2. The summed E-state index contributed by atoms with van der Waals surface area (Å²) < 4.78 is 59.9. The van der Waals surface area contributed by atoms with E-state index < -0.39 is 21.3 Å². The summed E-state index contributed by atoms with van der Waals surface area (Å²) in [4.78, 5) is 11.2. The van der Waals surface area contributed by atoms with Crippen LogP contribution in [0.25, 0.3) is 0 Å². The molecule has 3 unspecified atom stereocenters. The van der Waals surface area contributed by atoms with Crippen LogP contribution in [0.15, 0.2) is 11.6 Å². The van der Waals surface area contributed by atoms with E-state index >= 15 is 0 Å². The minimum absolute atomic E-state index is 0.00711. The number of ether oxygens (including phenoxy) is 1.